The second kappa shape index (κ2) is 6.96. The molecule has 4 heteroatoms. The molecule has 0 amide bonds. The molecule has 24 heavy (non-hydrogen) atoms. The van der Waals surface area contributed by atoms with Crippen LogP contribution in [0.5, 0.6) is 5.75 Å². The molecule has 0 N–H and O–H groups in total. The minimum Gasteiger partial charge on any atom is -0.497 e. The highest BCUT2D eigenvalue weighted by molar-refractivity contribution is 5.93. The summed E-state index contributed by atoms with van der Waals surface area (Å²) < 4.78 is 10.0. The summed E-state index contributed by atoms with van der Waals surface area (Å²) in [6.07, 6.45) is 11.0. The summed E-state index contributed by atoms with van der Waals surface area (Å²) in [6, 6.07) is 9.73. The van der Waals surface area contributed by atoms with Gasteiger partial charge in [0.05, 0.1) is 31.0 Å². The monoisotopic (exact) mass is 319 g/mol. The zero-order chi connectivity index (χ0) is 16.9. The predicted octanol–water partition coefficient (Wildman–Crippen LogP) is 3.85. The van der Waals surface area contributed by atoms with Crippen LogP contribution in [0.1, 0.15) is 5.69 Å². The van der Waals surface area contributed by atoms with Gasteiger partial charge in [-0.05, 0) is 36.4 Å². The Morgan fingerprint density at radius 1 is 1.00 bits per heavy atom. The van der Waals surface area contributed by atoms with E-state index in [1.165, 1.54) is 7.11 Å². The Balaban J connectivity index is 1.96. The molecule has 1 aliphatic rings. The van der Waals surface area contributed by atoms with Crippen molar-refractivity contribution in [3.8, 4) is 5.75 Å². The van der Waals surface area contributed by atoms with Crippen molar-refractivity contribution in [3.05, 3.63) is 78.1 Å². The van der Waals surface area contributed by atoms with E-state index >= 15 is 0 Å². The molecule has 0 saturated heterocycles. The maximum atomic E-state index is 11.7. The molecule has 0 bridgehead atoms. The van der Waals surface area contributed by atoms with Crippen molar-refractivity contribution in [2.24, 2.45) is 0 Å². The number of ether oxygens (including phenoxy) is 2. The molecule has 0 radical (unpaired) electrons. The van der Waals surface area contributed by atoms with Crippen LogP contribution in [0.3, 0.4) is 0 Å². The number of benzene rings is 1. The molecule has 0 unspecified atom stereocenters. The number of hydrogen-bond donors (Lipinski definition) is 0. The molecule has 1 heterocycles. The van der Waals surface area contributed by atoms with Crippen molar-refractivity contribution >= 4 is 22.4 Å². The molecule has 0 aliphatic heterocycles. The van der Waals surface area contributed by atoms with E-state index in [9.17, 15) is 4.79 Å². The third-order valence-corrected chi connectivity index (χ3v) is 3.72. The fourth-order valence-electron chi connectivity index (χ4n) is 2.43. The third-order valence-electron chi connectivity index (χ3n) is 3.72. The molecule has 4 nitrogen and oxygen atoms in total. The normalized spacial score (nSPS) is 20.8. The average Bonchev–Trinajstić information content (AvgIpc) is 2.60. The fraction of sp³-hybridized carbons (Fsp3) is 0.100. The largest absolute Gasteiger partial charge is 0.497 e. The van der Waals surface area contributed by atoms with Crippen LogP contribution in [0.4, 0.5) is 0 Å². The number of rotatable bonds is 3. The maximum absolute atomic E-state index is 11.7. The van der Waals surface area contributed by atoms with Crippen molar-refractivity contribution < 1.29 is 14.3 Å². The summed E-state index contributed by atoms with van der Waals surface area (Å²) in [5.74, 6) is 0.439. The molecule has 0 saturated carbocycles. The van der Waals surface area contributed by atoms with Gasteiger partial charge in [-0.3, -0.25) is 0 Å². The Kier molecular flexibility index (Phi) is 4.57. The van der Waals surface area contributed by atoms with Gasteiger partial charge in [0.15, 0.2) is 0 Å². The van der Waals surface area contributed by atoms with E-state index in [2.05, 4.69) is 0 Å². The standard InChI is InChI=1S/C20H17NO3/c1-23-17-10-12-19-16(13-17)9-11-18(21-19)14-5-3-4-6-15(8-7-14)20(22)24-2/h3-13H,1-2H3/b4-3+,5-3?,6-4?,8-7-,14-5+,14-7?,15-6-,15-8?. The van der Waals surface area contributed by atoms with E-state index in [4.69, 9.17) is 14.5 Å². The van der Waals surface area contributed by atoms with Gasteiger partial charge >= 0.3 is 5.97 Å². The zero-order valence-corrected chi connectivity index (χ0v) is 13.5. The minimum absolute atomic E-state index is 0.365. The van der Waals surface area contributed by atoms with Crippen LogP contribution in [-0.4, -0.2) is 25.2 Å². The number of pyridine rings is 1. The van der Waals surface area contributed by atoms with Crippen LogP contribution in [-0.2, 0) is 9.53 Å². The van der Waals surface area contributed by atoms with Gasteiger partial charge in [-0.2, -0.15) is 0 Å². The molecule has 3 rings (SSSR count). The Bertz CT molecular complexity index is 904. The molecule has 0 spiro atoms. The lowest BCUT2D eigenvalue weighted by molar-refractivity contribution is -0.135. The number of fused-ring (bicyclic) bond motifs is 1. The van der Waals surface area contributed by atoms with E-state index in [0.717, 1.165) is 27.9 Å². The summed E-state index contributed by atoms with van der Waals surface area (Å²) in [5.41, 5.74) is 3.13. The molecule has 1 aromatic heterocycles. The van der Waals surface area contributed by atoms with Crippen LogP contribution in [0, 0.1) is 0 Å². The first kappa shape index (κ1) is 15.7. The minimum atomic E-state index is -0.365. The Morgan fingerprint density at radius 2 is 1.83 bits per heavy atom. The summed E-state index contributed by atoms with van der Waals surface area (Å²) in [6.45, 7) is 0. The van der Waals surface area contributed by atoms with Crippen LogP contribution in [0.25, 0.3) is 16.5 Å². The van der Waals surface area contributed by atoms with Crippen LogP contribution in [0.2, 0.25) is 0 Å². The van der Waals surface area contributed by atoms with Gasteiger partial charge in [-0.25, -0.2) is 9.78 Å². The van der Waals surface area contributed by atoms with Gasteiger partial charge in [0.25, 0.3) is 0 Å². The van der Waals surface area contributed by atoms with Crippen LogP contribution < -0.4 is 4.74 Å². The SMILES string of the molecule is COC(=O)C1=C/C=C/C=C(c2ccc3cc(OC)ccc3n2)\C=C/1. The average molecular weight is 319 g/mol. The van der Waals surface area contributed by atoms with E-state index in [0.29, 0.717) is 5.57 Å². The number of carbonyl (C=O) groups excluding carboxylic acids is 1. The number of allylic oxidation sites excluding steroid dienone is 6. The molecule has 0 atom stereocenters. The third kappa shape index (κ3) is 3.27. The maximum Gasteiger partial charge on any atom is 0.337 e. The summed E-state index contributed by atoms with van der Waals surface area (Å²) >= 11 is 0. The quantitative estimate of drug-likeness (QED) is 0.806. The molecule has 120 valence electrons. The smallest absolute Gasteiger partial charge is 0.337 e. The highest BCUT2D eigenvalue weighted by Crippen LogP contribution is 2.23. The highest BCUT2D eigenvalue weighted by atomic mass is 16.5. The van der Waals surface area contributed by atoms with Gasteiger partial charge in [0.2, 0.25) is 0 Å². The van der Waals surface area contributed by atoms with Crippen molar-refractivity contribution in [1.82, 2.24) is 4.98 Å². The van der Waals surface area contributed by atoms with Gasteiger partial charge < -0.3 is 9.47 Å². The number of hydrogen-bond acceptors (Lipinski definition) is 4. The molecule has 1 aliphatic carbocycles. The molecule has 0 fully saturated rings. The fourth-order valence-corrected chi connectivity index (χ4v) is 2.43. The number of methoxy groups -OCH3 is 2. The first-order chi connectivity index (χ1) is 11.7. The van der Waals surface area contributed by atoms with E-state index in [1.54, 1.807) is 19.3 Å². The number of nitrogens with zero attached hydrogens (tertiary/aromatic N) is 1. The first-order valence-electron chi connectivity index (χ1n) is 7.51. The number of esters is 1. The number of carbonyl (C=O) groups is 1. The Hall–Kier alpha value is -3.14. The molecule has 2 aromatic rings. The lowest BCUT2D eigenvalue weighted by Crippen LogP contribution is -2.02. The van der Waals surface area contributed by atoms with Gasteiger partial charge in [0.1, 0.15) is 5.75 Å². The topological polar surface area (TPSA) is 48.4 Å². The zero-order valence-electron chi connectivity index (χ0n) is 13.5. The van der Waals surface area contributed by atoms with Crippen LogP contribution >= 0.6 is 0 Å². The van der Waals surface area contributed by atoms with Crippen molar-refractivity contribution in [2.45, 2.75) is 0 Å². The Labute approximate surface area is 140 Å². The van der Waals surface area contributed by atoms with E-state index in [-0.39, 0.29) is 5.97 Å². The summed E-state index contributed by atoms with van der Waals surface area (Å²) in [4.78, 5) is 16.4. The van der Waals surface area contributed by atoms with E-state index < -0.39 is 0 Å². The number of aromatic nitrogens is 1. The van der Waals surface area contributed by atoms with E-state index in [1.807, 2.05) is 54.6 Å². The Morgan fingerprint density at radius 3 is 2.62 bits per heavy atom. The lowest BCUT2D eigenvalue weighted by Gasteiger charge is -2.07. The predicted molar refractivity (Wildman–Crippen MR) is 94.7 cm³/mol. The highest BCUT2D eigenvalue weighted by Gasteiger charge is 2.08. The second-order valence-corrected chi connectivity index (χ2v) is 5.21. The van der Waals surface area contributed by atoms with Crippen molar-refractivity contribution in [2.75, 3.05) is 14.2 Å². The second-order valence-electron chi connectivity index (χ2n) is 5.21. The van der Waals surface area contributed by atoms with Gasteiger partial charge in [-0.15, -0.1) is 0 Å². The first-order valence-corrected chi connectivity index (χ1v) is 7.51. The van der Waals surface area contributed by atoms with Gasteiger partial charge in [-0.1, -0.05) is 30.4 Å². The molecule has 1 aromatic carbocycles. The summed E-state index contributed by atoms with van der Waals surface area (Å²) in [7, 11) is 3.02. The van der Waals surface area contributed by atoms with Gasteiger partial charge in [0, 0.05) is 11.0 Å². The van der Waals surface area contributed by atoms with Crippen molar-refractivity contribution in [3.63, 3.8) is 0 Å². The molecular formula is C20H17NO3. The molecular weight excluding hydrogens is 302 g/mol. The van der Waals surface area contributed by atoms with Crippen molar-refractivity contribution in [1.29, 1.82) is 0 Å². The van der Waals surface area contributed by atoms with Crippen LogP contribution in [0.15, 0.2) is 72.4 Å². The summed E-state index contributed by atoms with van der Waals surface area (Å²) in [5, 5.41) is 1.01. The lowest BCUT2D eigenvalue weighted by atomic mass is 10.1.